The van der Waals surface area contributed by atoms with Gasteiger partial charge in [-0.2, -0.15) is 4.68 Å². The number of non-ortho nitro benzene ring substituents is 1. The lowest BCUT2D eigenvalue weighted by Gasteiger charge is -2.13. The summed E-state index contributed by atoms with van der Waals surface area (Å²) in [6, 6.07) is 9.13. The summed E-state index contributed by atoms with van der Waals surface area (Å²) in [7, 11) is -3.89. The van der Waals surface area contributed by atoms with E-state index in [4.69, 9.17) is 0 Å². The molecule has 0 unspecified atom stereocenters. The molecule has 2 aromatic carbocycles. The van der Waals surface area contributed by atoms with Crippen molar-refractivity contribution >= 4 is 44.1 Å². The zero-order chi connectivity index (χ0) is 21.3. The Morgan fingerprint density at radius 2 is 1.79 bits per heavy atom. The van der Waals surface area contributed by atoms with E-state index in [1.165, 1.54) is 12.1 Å². The van der Waals surface area contributed by atoms with Gasteiger partial charge in [-0.1, -0.05) is 12.1 Å². The van der Waals surface area contributed by atoms with Gasteiger partial charge in [0.25, 0.3) is 16.9 Å². The number of nitrogens with one attached hydrogen (secondary N) is 1. The highest BCUT2D eigenvalue weighted by Gasteiger charge is 2.23. The monoisotopic (exact) mass is 437 g/mol. The average molecular weight is 437 g/mol. The third kappa shape index (κ3) is 4.33. The van der Waals surface area contributed by atoms with Crippen LogP contribution in [0.1, 0.15) is 0 Å². The van der Waals surface area contributed by atoms with Crippen LogP contribution in [0.5, 0.6) is 0 Å². The number of hydrogen-bond acceptors (Lipinski definition) is 9. The fraction of sp³-hybridized carbons (Fsp3) is 0.0667. The van der Waals surface area contributed by atoms with Crippen LogP contribution in [0.3, 0.4) is 0 Å². The van der Waals surface area contributed by atoms with Crippen molar-refractivity contribution in [2.24, 2.45) is 0 Å². The number of benzene rings is 2. The molecule has 1 N–H and O–H groups in total. The fourth-order valence-corrected chi connectivity index (χ4v) is 3.87. The van der Waals surface area contributed by atoms with Crippen molar-refractivity contribution in [1.29, 1.82) is 0 Å². The first-order valence-electron chi connectivity index (χ1n) is 7.67. The summed E-state index contributed by atoms with van der Waals surface area (Å²) in [5.41, 5.74) is -1.55. The van der Waals surface area contributed by atoms with E-state index in [1.54, 1.807) is 12.1 Å². The van der Waals surface area contributed by atoms with Gasteiger partial charge in [-0.05, 0) is 30.0 Å². The normalized spacial score (nSPS) is 11.3. The van der Waals surface area contributed by atoms with Gasteiger partial charge >= 0.3 is 0 Å². The van der Waals surface area contributed by atoms with Crippen LogP contribution < -0.4 is 10.4 Å². The van der Waals surface area contributed by atoms with Crippen LogP contribution in [0.15, 0.2) is 57.3 Å². The van der Waals surface area contributed by atoms with Gasteiger partial charge in [-0.25, -0.2) is 18.2 Å². The zero-order valence-corrected chi connectivity index (χ0v) is 16.1. The lowest BCUT2D eigenvalue weighted by Crippen LogP contribution is -2.34. The SMILES string of the molecule is CS(=O)(=O)Nn1c(Sc2ccc([N+](=O)[O-])cc2[N+](=O)[O-])nc2ccccc2c1=O. The molecule has 0 amide bonds. The molecule has 3 aromatic rings. The van der Waals surface area contributed by atoms with E-state index in [1.807, 2.05) is 4.83 Å². The van der Waals surface area contributed by atoms with E-state index < -0.39 is 36.8 Å². The fourth-order valence-electron chi connectivity index (χ4n) is 2.37. The first kappa shape index (κ1) is 20.2. The third-order valence-electron chi connectivity index (χ3n) is 3.55. The number of para-hydroxylation sites is 1. The number of aromatic nitrogens is 2. The van der Waals surface area contributed by atoms with E-state index in [2.05, 4.69) is 4.98 Å². The van der Waals surface area contributed by atoms with E-state index in [9.17, 15) is 33.4 Å². The van der Waals surface area contributed by atoms with Gasteiger partial charge in [0.15, 0.2) is 5.16 Å². The van der Waals surface area contributed by atoms with Crippen molar-refractivity contribution < 1.29 is 18.3 Å². The van der Waals surface area contributed by atoms with Gasteiger partial charge in [0.2, 0.25) is 10.0 Å². The summed E-state index contributed by atoms with van der Waals surface area (Å²) < 4.78 is 24.1. The van der Waals surface area contributed by atoms with Gasteiger partial charge in [-0.15, -0.1) is 0 Å². The molecule has 0 bridgehead atoms. The molecular weight excluding hydrogens is 426 g/mol. The minimum absolute atomic E-state index is 0.0631. The molecule has 3 rings (SSSR count). The van der Waals surface area contributed by atoms with Crippen LogP contribution in [0.25, 0.3) is 10.9 Å². The number of fused-ring (bicyclic) bond motifs is 1. The minimum atomic E-state index is -3.89. The molecule has 12 nitrogen and oxygen atoms in total. The number of hydrogen-bond donors (Lipinski definition) is 1. The van der Waals surface area contributed by atoms with E-state index in [0.29, 0.717) is 16.4 Å². The molecule has 0 spiro atoms. The number of sulfonamides is 1. The summed E-state index contributed by atoms with van der Waals surface area (Å²) in [6.45, 7) is 0. The van der Waals surface area contributed by atoms with Crippen molar-refractivity contribution in [3.8, 4) is 0 Å². The second-order valence-corrected chi connectivity index (χ2v) is 8.42. The highest BCUT2D eigenvalue weighted by Crippen LogP contribution is 2.36. The molecule has 0 aliphatic carbocycles. The zero-order valence-electron chi connectivity index (χ0n) is 14.5. The van der Waals surface area contributed by atoms with Crippen molar-refractivity contribution in [1.82, 2.24) is 9.66 Å². The van der Waals surface area contributed by atoms with Gasteiger partial charge in [0, 0.05) is 6.07 Å². The van der Waals surface area contributed by atoms with Crippen LogP contribution in [0, 0.1) is 20.2 Å². The Balaban J connectivity index is 2.22. The molecule has 1 aromatic heterocycles. The highest BCUT2D eigenvalue weighted by molar-refractivity contribution is 7.99. The maximum atomic E-state index is 12.7. The first-order valence-corrected chi connectivity index (χ1v) is 10.4. The maximum absolute atomic E-state index is 12.7. The lowest BCUT2D eigenvalue weighted by atomic mass is 10.2. The first-order chi connectivity index (χ1) is 13.6. The third-order valence-corrected chi connectivity index (χ3v) is 5.09. The largest absolute Gasteiger partial charge is 0.290 e. The molecular formula is C15H11N5O7S2. The van der Waals surface area contributed by atoms with Gasteiger partial charge < -0.3 is 0 Å². The number of nitro benzene ring substituents is 2. The number of rotatable bonds is 6. The van der Waals surface area contributed by atoms with Gasteiger partial charge in [0.1, 0.15) is 0 Å². The summed E-state index contributed by atoms with van der Waals surface area (Å²) in [5, 5.41) is 22.2. The Morgan fingerprint density at radius 1 is 1.10 bits per heavy atom. The van der Waals surface area contributed by atoms with Crippen LogP contribution in [0.4, 0.5) is 11.4 Å². The Bertz CT molecular complexity index is 1320. The van der Waals surface area contributed by atoms with E-state index in [-0.39, 0.29) is 21.0 Å². The van der Waals surface area contributed by atoms with Crippen LogP contribution in [-0.4, -0.2) is 34.2 Å². The van der Waals surface area contributed by atoms with Gasteiger partial charge in [-0.3, -0.25) is 25.0 Å². The number of nitro groups is 2. The number of nitrogens with zero attached hydrogens (tertiary/aromatic N) is 4. The second kappa shape index (κ2) is 7.48. The second-order valence-electron chi connectivity index (χ2n) is 5.68. The van der Waals surface area contributed by atoms with Crippen molar-refractivity contribution in [3.05, 3.63) is 73.0 Å². The molecule has 0 fully saturated rings. The Kier molecular flexibility index (Phi) is 5.21. The Hall–Kier alpha value is -3.52. The lowest BCUT2D eigenvalue weighted by molar-refractivity contribution is -0.396. The minimum Gasteiger partial charge on any atom is -0.267 e. The molecule has 0 saturated heterocycles. The predicted octanol–water partition coefficient (Wildman–Crippen LogP) is 1.87. The Morgan fingerprint density at radius 3 is 2.41 bits per heavy atom. The van der Waals surface area contributed by atoms with Crippen LogP contribution >= 0.6 is 11.8 Å². The molecule has 14 heteroatoms. The molecule has 0 aliphatic heterocycles. The van der Waals surface area contributed by atoms with Crippen LogP contribution in [0.2, 0.25) is 0 Å². The predicted molar refractivity (Wildman–Crippen MR) is 104 cm³/mol. The van der Waals surface area contributed by atoms with Gasteiger partial charge in [0.05, 0.1) is 38.0 Å². The molecule has 0 atom stereocenters. The maximum Gasteiger partial charge on any atom is 0.290 e. The highest BCUT2D eigenvalue weighted by atomic mass is 32.2. The molecule has 0 radical (unpaired) electrons. The summed E-state index contributed by atoms with van der Waals surface area (Å²) >= 11 is 0.620. The topological polar surface area (TPSA) is 167 Å². The quantitative estimate of drug-likeness (QED) is 0.344. The smallest absolute Gasteiger partial charge is 0.267 e. The average Bonchev–Trinajstić information content (AvgIpc) is 2.64. The molecule has 1 heterocycles. The summed E-state index contributed by atoms with van der Waals surface area (Å²) in [5.74, 6) is 0. The van der Waals surface area contributed by atoms with Crippen molar-refractivity contribution in [2.45, 2.75) is 10.1 Å². The van der Waals surface area contributed by atoms with E-state index >= 15 is 0 Å². The Labute approximate surface area is 166 Å². The summed E-state index contributed by atoms with van der Waals surface area (Å²) in [6.07, 6.45) is 0.831. The summed E-state index contributed by atoms with van der Waals surface area (Å²) in [4.78, 5) is 39.6. The molecule has 0 saturated carbocycles. The molecule has 150 valence electrons. The van der Waals surface area contributed by atoms with E-state index in [0.717, 1.165) is 24.5 Å². The van der Waals surface area contributed by atoms with Crippen LogP contribution in [-0.2, 0) is 10.0 Å². The van der Waals surface area contributed by atoms with Crippen molar-refractivity contribution in [3.63, 3.8) is 0 Å². The standard InChI is InChI=1S/C15H11N5O7S2/c1-29(26,27)17-18-14(21)10-4-2-3-5-11(10)16-15(18)28-13-7-6-9(19(22)23)8-12(13)20(24)25/h2-8,17H,1H3. The molecule has 29 heavy (non-hydrogen) atoms. The molecule has 0 aliphatic rings. The van der Waals surface area contributed by atoms with Crippen molar-refractivity contribution in [2.75, 3.05) is 11.1 Å².